The molecule has 0 radical (unpaired) electrons. The summed E-state index contributed by atoms with van der Waals surface area (Å²) in [6, 6.07) is 6.72. The molecule has 102 valence electrons. The SMILES string of the molecule is CC(C)COCCNS(=O)(=O)c1ccccc1Br. The Kier molecular flexibility index (Phi) is 6.28. The minimum atomic E-state index is -3.47. The Morgan fingerprint density at radius 3 is 2.61 bits per heavy atom. The summed E-state index contributed by atoms with van der Waals surface area (Å²) >= 11 is 3.22. The first kappa shape index (κ1) is 15.6. The van der Waals surface area contributed by atoms with Crippen molar-refractivity contribution in [2.24, 2.45) is 5.92 Å². The summed E-state index contributed by atoms with van der Waals surface area (Å²) in [6.45, 7) is 5.38. The van der Waals surface area contributed by atoms with Gasteiger partial charge in [-0.1, -0.05) is 26.0 Å². The van der Waals surface area contributed by atoms with Crippen molar-refractivity contribution in [3.8, 4) is 0 Å². The van der Waals surface area contributed by atoms with Crippen LogP contribution in [0.5, 0.6) is 0 Å². The fraction of sp³-hybridized carbons (Fsp3) is 0.500. The predicted octanol–water partition coefficient (Wildman–Crippen LogP) is 2.40. The Morgan fingerprint density at radius 2 is 2.00 bits per heavy atom. The predicted molar refractivity (Wildman–Crippen MR) is 75.0 cm³/mol. The van der Waals surface area contributed by atoms with E-state index in [2.05, 4.69) is 20.7 Å². The Hall–Kier alpha value is -0.430. The minimum Gasteiger partial charge on any atom is -0.380 e. The van der Waals surface area contributed by atoms with Crippen LogP contribution in [0.2, 0.25) is 0 Å². The smallest absolute Gasteiger partial charge is 0.241 e. The van der Waals surface area contributed by atoms with Crippen molar-refractivity contribution in [2.45, 2.75) is 18.7 Å². The van der Waals surface area contributed by atoms with Crippen LogP contribution in [0.3, 0.4) is 0 Å². The average molecular weight is 336 g/mol. The molecule has 4 nitrogen and oxygen atoms in total. The van der Waals surface area contributed by atoms with Gasteiger partial charge in [-0.2, -0.15) is 0 Å². The lowest BCUT2D eigenvalue weighted by atomic mass is 10.2. The van der Waals surface area contributed by atoms with Crippen molar-refractivity contribution in [3.63, 3.8) is 0 Å². The van der Waals surface area contributed by atoms with Crippen molar-refractivity contribution in [1.29, 1.82) is 0 Å². The number of nitrogens with one attached hydrogen (secondary N) is 1. The lowest BCUT2D eigenvalue weighted by Crippen LogP contribution is -2.28. The number of ether oxygens (including phenoxy) is 1. The van der Waals surface area contributed by atoms with Gasteiger partial charge in [0, 0.05) is 17.6 Å². The molecule has 0 amide bonds. The van der Waals surface area contributed by atoms with Gasteiger partial charge in [0.2, 0.25) is 10.0 Å². The summed E-state index contributed by atoms with van der Waals surface area (Å²) in [5.74, 6) is 0.449. The number of rotatable bonds is 7. The van der Waals surface area contributed by atoms with Crippen molar-refractivity contribution in [1.82, 2.24) is 4.72 Å². The zero-order valence-electron chi connectivity index (χ0n) is 10.5. The maximum absolute atomic E-state index is 12.0. The molecule has 0 aliphatic carbocycles. The highest BCUT2D eigenvalue weighted by Crippen LogP contribution is 2.20. The Bertz CT molecular complexity index is 474. The highest BCUT2D eigenvalue weighted by molar-refractivity contribution is 9.10. The third kappa shape index (κ3) is 5.06. The molecule has 0 spiro atoms. The number of sulfonamides is 1. The molecule has 1 aromatic carbocycles. The van der Waals surface area contributed by atoms with Crippen molar-refractivity contribution < 1.29 is 13.2 Å². The van der Waals surface area contributed by atoms with Gasteiger partial charge in [-0.15, -0.1) is 0 Å². The molecule has 0 saturated heterocycles. The average Bonchev–Trinajstić information content (AvgIpc) is 2.28. The Morgan fingerprint density at radius 1 is 1.33 bits per heavy atom. The molecule has 0 heterocycles. The molecule has 0 unspecified atom stereocenters. The molecule has 0 fully saturated rings. The van der Waals surface area contributed by atoms with Crippen LogP contribution in [0, 0.1) is 5.92 Å². The van der Waals surface area contributed by atoms with Gasteiger partial charge in [-0.3, -0.25) is 0 Å². The molecule has 0 aliphatic heterocycles. The number of benzene rings is 1. The second-order valence-electron chi connectivity index (χ2n) is 4.30. The largest absolute Gasteiger partial charge is 0.380 e. The Balaban J connectivity index is 2.49. The minimum absolute atomic E-state index is 0.244. The molecular formula is C12H18BrNO3S. The molecule has 0 aromatic heterocycles. The third-order valence-electron chi connectivity index (χ3n) is 2.12. The highest BCUT2D eigenvalue weighted by atomic mass is 79.9. The van der Waals surface area contributed by atoms with Gasteiger partial charge >= 0.3 is 0 Å². The molecule has 1 N–H and O–H groups in total. The van der Waals surface area contributed by atoms with Crippen LogP contribution >= 0.6 is 15.9 Å². The van der Waals surface area contributed by atoms with Crippen LogP contribution in [0.4, 0.5) is 0 Å². The summed E-state index contributed by atoms with van der Waals surface area (Å²) in [4.78, 5) is 0.244. The molecule has 6 heteroatoms. The van der Waals surface area contributed by atoms with Crippen LogP contribution in [0.25, 0.3) is 0 Å². The van der Waals surface area contributed by atoms with E-state index in [9.17, 15) is 8.42 Å². The molecular weight excluding hydrogens is 318 g/mol. The van der Waals surface area contributed by atoms with Crippen molar-refractivity contribution >= 4 is 26.0 Å². The van der Waals surface area contributed by atoms with E-state index >= 15 is 0 Å². The standard InChI is InChI=1S/C12H18BrNO3S/c1-10(2)9-17-8-7-14-18(15,16)12-6-4-3-5-11(12)13/h3-6,10,14H,7-9H2,1-2H3. The number of hydrogen-bond donors (Lipinski definition) is 1. The van der Waals surface area contributed by atoms with Crippen LogP contribution in [-0.4, -0.2) is 28.2 Å². The molecule has 0 saturated carbocycles. The maximum Gasteiger partial charge on any atom is 0.241 e. The zero-order chi connectivity index (χ0) is 13.6. The van der Waals surface area contributed by atoms with Gasteiger partial charge in [-0.25, -0.2) is 13.1 Å². The van der Waals surface area contributed by atoms with Crippen LogP contribution in [-0.2, 0) is 14.8 Å². The fourth-order valence-corrected chi connectivity index (χ4v) is 3.32. The molecule has 0 atom stereocenters. The van der Waals surface area contributed by atoms with E-state index in [1.807, 2.05) is 13.8 Å². The zero-order valence-corrected chi connectivity index (χ0v) is 12.9. The van der Waals surface area contributed by atoms with Gasteiger partial charge in [0.05, 0.1) is 11.5 Å². The quantitative estimate of drug-likeness (QED) is 0.778. The van der Waals surface area contributed by atoms with E-state index in [0.29, 0.717) is 23.6 Å². The van der Waals surface area contributed by atoms with E-state index in [4.69, 9.17) is 4.74 Å². The van der Waals surface area contributed by atoms with Gasteiger partial charge in [-0.05, 0) is 34.0 Å². The highest BCUT2D eigenvalue weighted by Gasteiger charge is 2.15. The number of halogens is 1. The topological polar surface area (TPSA) is 55.4 Å². The first-order valence-electron chi connectivity index (χ1n) is 5.75. The summed E-state index contributed by atoms with van der Waals surface area (Å²) in [5.41, 5.74) is 0. The van der Waals surface area contributed by atoms with Crippen LogP contribution < -0.4 is 4.72 Å². The molecule has 1 aromatic rings. The van der Waals surface area contributed by atoms with E-state index in [-0.39, 0.29) is 11.4 Å². The lowest BCUT2D eigenvalue weighted by Gasteiger charge is -2.09. The maximum atomic E-state index is 12.0. The van der Waals surface area contributed by atoms with E-state index in [1.54, 1.807) is 24.3 Å². The van der Waals surface area contributed by atoms with Crippen LogP contribution in [0.15, 0.2) is 33.6 Å². The molecule has 1 rings (SSSR count). The first-order valence-corrected chi connectivity index (χ1v) is 8.03. The van der Waals surface area contributed by atoms with E-state index < -0.39 is 10.0 Å². The second-order valence-corrected chi connectivity index (χ2v) is 6.89. The Labute approximate surface area is 117 Å². The first-order chi connectivity index (χ1) is 8.43. The normalized spacial score (nSPS) is 12.0. The fourth-order valence-electron chi connectivity index (χ4n) is 1.31. The second kappa shape index (κ2) is 7.23. The number of hydrogen-bond acceptors (Lipinski definition) is 3. The van der Waals surface area contributed by atoms with Crippen molar-refractivity contribution in [2.75, 3.05) is 19.8 Å². The lowest BCUT2D eigenvalue weighted by molar-refractivity contribution is 0.114. The molecule has 0 aliphatic rings. The molecule has 0 bridgehead atoms. The van der Waals surface area contributed by atoms with Crippen molar-refractivity contribution in [3.05, 3.63) is 28.7 Å². The van der Waals surface area contributed by atoms with Crippen LogP contribution in [0.1, 0.15) is 13.8 Å². The third-order valence-corrected chi connectivity index (χ3v) is 4.59. The summed E-state index contributed by atoms with van der Waals surface area (Å²) in [5, 5.41) is 0. The molecule has 18 heavy (non-hydrogen) atoms. The van der Waals surface area contributed by atoms with Gasteiger partial charge in [0.25, 0.3) is 0 Å². The summed E-state index contributed by atoms with van der Waals surface area (Å²) in [7, 11) is -3.47. The van der Waals surface area contributed by atoms with E-state index in [1.165, 1.54) is 0 Å². The monoisotopic (exact) mass is 335 g/mol. The van der Waals surface area contributed by atoms with Gasteiger partial charge in [0.1, 0.15) is 0 Å². The van der Waals surface area contributed by atoms with Gasteiger partial charge in [0.15, 0.2) is 0 Å². The van der Waals surface area contributed by atoms with Gasteiger partial charge < -0.3 is 4.74 Å². The summed E-state index contributed by atoms with van der Waals surface area (Å²) < 4.78 is 32.3. The van der Waals surface area contributed by atoms with E-state index in [0.717, 1.165) is 0 Å². The summed E-state index contributed by atoms with van der Waals surface area (Å²) in [6.07, 6.45) is 0.